The van der Waals surface area contributed by atoms with Crippen LogP contribution in [-0.2, 0) is 4.79 Å². The van der Waals surface area contributed by atoms with Crippen LogP contribution in [0.3, 0.4) is 0 Å². The Hall–Kier alpha value is -3.77. The molecule has 0 bridgehead atoms. The van der Waals surface area contributed by atoms with Gasteiger partial charge in [-0.2, -0.15) is 0 Å². The first-order valence-electron chi connectivity index (χ1n) is 12.3. The van der Waals surface area contributed by atoms with Crippen LogP contribution in [0.15, 0.2) is 77.2 Å². The summed E-state index contributed by atoms with van der Waals surface area (Å²) >= 11 is 6.57. The Morgan fingerprint density at radius 2 is 1.76 bits per heavy atom. The van der Waals surface area contributed by atoms with E-state index in [9.17, 15) is 9.59 Å². The minimum atomic E-state index is -0.890. The van der Waals surface area contributed by atoms with Crippen LogP contribution in [0.2, 0.25) is 5.02 Å². The Balaban J connectivity index is 1.36. The molecule has 0 fully saturated rings. The maximum atomic E-state index is 12.3. The average molecular weight is 520 g/mol. The summed E-state index contributed by atoms with van der Waals surface area (Å²) in [4.78, 5) is 22.9. The lowest BCUT2D eigenvalue weighted by Gasteiger charge is -2.24. The number of Topliss-reactive ketones (excluding diaryl/α,β-unsaturated/α-hetero) is 1. The number of fused-ring (bicyclic) bond motifs is 1. The highest BCUT2D eigenvalue weighted by atomic mass is 35.5. The summed E-state index contributed by atoms with van der Waals surface area (Å²) in [5.41, 5.74) is 3.08. The van der Waals surface area contributed by atoms with Gasteiger partial charge in [0.05, 0.1) is 11.1 Å². The molecule has 0 saturated heterocycles. The molecule has 0 spiro atoms. The summed E-state index contributed by atoms with van der Waals surface area (Å²) in [6.45, 7) is 4.64. The number of benzene rings is 3. The SMILES string of the molecule is CC(C)[C@@H](COc1ccc(-c2cc3ccccc3o2)c(Cl)c1)Nc1ccc(C(=O)CCCC(=O)O)cc1. The number of carboxylic acid groups (broad SMARTS) is 1. The fraction of sp³-hybridized carbons (Fsp3) is 0.267. The quantitative estimate of drug-likeness (QED) is 0.186. The fourth-order valence-electron chi connectivity index (χ4n) is 4.00. The van der Waals surface area contributed by atoms with Crippen molar-refractivity contribution in [3.8, 4) is 17.1 Å². The predicted molar refractivity (Wildman–Crippen MR) is 147 cm³/mol. The normalized spacial score (nSPS) is 12.0. The molecule has 0 amide bonds. The van der Waals surface area contributed by atoms with Crippen LogP contribution in [0.5, 0.6) is 5.75 Å². The van der Waals surface area contributed by atoms with E-state index in [4.69, 9.17) is 25.9 Å². The van der Waals surface area contributed by atoms with Crippen molar-refractivity contribution in [3.63, 3.8) is 0 Å². The molecule has 1 aromatic heterocycles. The predicted octanol–water partition coefficient (Wildman–Crippen LogP) is 7.71. The molecule has 7 heteroatoms. The molecule has 0 aliphatic heterocycles. The minimum absolute atomic E-state index is 0.00467. The number of furan rings is 1. The summed E-state index contributed by atoms with van der Waals surface area (Å²) in [5.74, 6) is 0.712. The number of ketones is 1. The van der Waals surface area contributed by atoms with Crippen LogP contribution < -0.4 is 10.1 Å². The number of aliphatic carboxylic acids is 1. The molecule has 1 heterocycles. The maximum Gasteiger partial charge on any atom is 0.303 e. The third-order valence-electron chi connectivity index (χ3n) is 6.22. The number of carbonyl (C=O) groups excluding carboxylic acids is 1. The zero-order valence-electron chi connectivity index (χ0n) is 20.9. The second-order valence-corrected chi connectivity index (χ2v) is 9.75. The van der Waals surface area contributed by atoms with Crippen molar-refractivity contribution in [1.29, 1.82) is 0 Å². The Morgan fingerprint density at radius 3 is 2.43 bits per heavy atom. The number of carboxylic acids is 1. The molecule has 1 atom stereocenters. The van der Waals surface area contributed by atoms with Gasteiger partial charge in [-0.25, -0.2) is 0 Å². The van der Waals surface area contributed by atoms with Gasteiger partial charge in [0.2, 0.25) is 0 Å². The monoisotopic (exact) mass is 519 g/mol. The molecule has 3 aromatic carbocycles. The van der Waals surface area contributed by atoms with Gasteiger partial charge in [0.25, 0.3) is 0 Å². The summed E-state index contributed by atoms with van der Waals surface area (Å²) in [7, 11) is 0. The number of hydrogen-bond acceptors (Lipinski definition) is 5. The molecular weight excluding hydrogens is 490 g/mol. The van der Waals surface area contributed by atoms with Crippen molar-refractivity contribution in [3.05, 3.63) is 83.4 Å². The third-order valence-corrected chi connectivity index (χ3v) is 6.53. The second kappa shape index (κ2) is 12.0. The van der Waals surface area contributed by atoms with Crippen molar-refractivity contribution in [1.82, 2.24) is 0 Å². The number of anilines is 1. The molecule has 0 saturated carbocycles. The van der Waals surface area contributed by atoms with Gasteiger partial charge in [0.15, 0.2) is 5.78 Å². The zero-order chi connectivity index (χ0) is 26.4. The first kappa shape index (κ1) is 26.3. The number of rotatable bonds is 12. The lowest BCUT2D eigenvalue weighted by Crippen LogP contribution is -2.32. The van der Waals surface area contributed by atoms with E-state index in [0.717, 1.165) is 22.2 Å². The average Bonchev–Trinajstić information content (AvgIpc) is 3.30. The number of para-hydroxylation sites is 1. The molecule has 6 nitrogen and oxygen atoms in total. The van der Waals surface area contributed by atoms with E-state index < -0.39 is 5.97 Å². The van der Waals surface area contributed by atoms with Gasteiger partial charge in [-0.05, 0) is 66.9 Å². The number of hydrogen-bond donors (Lipinski definition) is 2. The lowest BCUT2D eigenvalue weighted by atomic mass is 10.0. The van der Waals surface area contributed by atoms with Crippen molar-refractivity contribution in [2.45, 2.75) is 39.2 Å². The fourth-order valence-corrected chi connectivity index (χ4v) is 4.26. The van der Waals surface area contributed by atoms with Gasteiger partial charge in [0, 0.05) is 35.0 Å². The first-order valence-corrected chi connectivity index (χ1v) is 12.7. The van der Waals surface area contributed by atoms with E-state index in [-0.39, 0.29) is 30.6 Å². The molecule has 0 aliphatic carbocycles. The van der Waals surface area contributed by atoms with Gasteiger partial charge < -0.3 is 19.6 Å². The lowest BCUT2D eigenvalue weighted by molar-refractivity contribution is -0.137. The van der Waals surface area contributed by atoms with Gasteiger partial charge in [0.1, 0.15) is 23.7 Å². The molecule has 4 rings (SSSR count). The largest absolute Gasteiger partial charge is 0.491 e. The van der Waals surface area contributed by atoms with E-state index >= 15 is 0 Å². The number of halogens is 1. The van der Waals surface area contributed by atoms with Gasteiger partial charge in [-0.15, -0.1) is 0 Å². The highest BCUT2D eigenvalue weighted by Crippen LogP contribution is 2.34. The molecular formula is C30H30ClNO5. The van der Waals surface area contributed by atoms with Gasteiger partial charge in [-0.1, -0.05) is 43.6 Å². The molecule has 0 radical (unpaired) electrons. The van der Waals surface area contributed by atoms with Crippen molar-refractivity contribution >= 4 is 40.0 Å². The van der Waals surface area contributed by atoms with Crippen molar-refractivity contribution in [2.75, 3.05) is 11.9 Å². The number of nitrogens with one attached hydrogen (secondary N) is 1. The van der Waals surface area contributed by atoms with Crippen LogP contribution in [0.1, 0.15) is 43.5 Å². The Kier molecular flexibility index (Phi) is 8.51. The van der Waals surface area contributed by atoms with Crippen LogP contribution in [0.25, 0.3) is 22.3 Å². The molecule has 37 heavy (non-hydrogen) atoms. The smallest absolute Gasteiger partial charge is 0.303 e. The number of carbonyl (C=O) groups is 2. The van der Waals surface area contributed by atoms with E-state index in [1.165, 1.54) is 0 Å². The van der Waals surface area contributed by atoms with Crippen LogP contribution in [-0.4, -0.2) is 29.5 Å². The molecule has 2 N–H and O–H groups in total. The summed E-state index contributed by atoms with van der Waals surface area (Å²) in [6, 6.07) is 22.7. The topological polar surface area (TPSA) is 88.8 Å². The molecule has 4 aromatic rings. The van der Waals surface area contributed by atoms with Crippen LogP contribution in [0, 0.1) is 5.92 Å². The van der Waals surface area contributed by atoms with E-state index in [2.05, 4.69) is 19.2 Å². The minimum Gasteiger partial charge on any atom is -0.491 e. The van der Waals surface area contributed by atoms with E-state index in [0.29, 0.717) is 35.1 Å². The maximum absolute atomic E-state index is 12.3. The zero-order valence-corrected chi connectivity index (χ0v) is 21.6. The molecule has 0 aliphatic rings. The van der Waals surface area contributed by atoms with Crippen molar-refractivity contribution in [2.24, 2.45) is 5.92 Å². The summed E-state index contributed by atoms with van der Waals surface area (Å²) in [5, 5.41) is 13.8. The summed E-state index contributed by atoms with van der Waals surface area (Å²) < 4.78 is 12.0. The van der Waals surface area contributed by atoms with Gasteiger partial charge in [-0.3, -0.25) is 9.59 Å². The highest BCUT2D eigenvalue weighted by molar-refractivity contribution is 6.33. The highest BCUT2D eigenvalue weighted by Gasteiger charge is 2.16. The second-order valence-electron chi connectivity index (χ2n) is 9.34. The Bertz CT molecular complexity index is 1340. The summed E-state index contributed by atoms with van der Waals surface area (Å²) in [6.07, 6.45) is 0.554. The first-order chi connectivity index (χ1) is 17.8. The molecule has 192 valence electrons. The Labute approximate surface area is 221 Å². The van der Waals surface area contributed by atoms with Gasteiger partial charge >= 0.3 is 5.97 Å². The standard InChI is InChI=1S/C30H30ClNO5/c1-19(2)26(32-22-12-10-20(11-13-22)27(33)7-5-9-30(34)35)18-36-23-14-15-24(25(31)17-23)29-16-21-6-3-4-8-28(21)37-29/h3-4,6,8,10-17,19,26,32H,5,7,9,18H2,1-2H3,(H,34,35)/t26-/m1/s1. The van der Waals surface area contributed by atoms with E-state index in [1.807, 2.05) is 54.6 Å². The van der Waals surface area contributed by atoms with Crippen LogP contribution >= 0.6 is 11.6 Å². The van der Waals surface area contributed by atoms with Crippen LogP contribution in [0.4, 0.5) is 5.69 Å². The third kappa shape index (κ3) is 6.92. The molecule has 0 unspecified atom stereocenters. The number of ether oxygens (including phenoxy) is 1. The van der Waals surface area contributed by atoms with E-state index in [1.54, 1.807) is 18.2 Å². The Morgan fingerprint density at radius 1 is 1.00 bits per heavy atom. The van der Waals surface area contributed by atoms with Crippen molar-refractivity contribution < 1.29 is 23.8 Å².